The molecule has 0 aliphatic carbocycles. The molecule has 0 saturated heterocycles. The van der Waals surface area contributed by atoms with Crippen molar-refractivity contribution in [2.45, 2.75) is 19.4 Å². The molecule has 1 aromatic rings. The lowest BCUT2D eigenvalue weighted by Gasteiger charge is -2.48. The average molecular weight is 174 g/mol. The van der Waals surface area contributed by atoms with Crippen molar-refractivity contribution in [1.29, 1.82) is 0 Å². The van der Waals surface area contributed by atoms with Crippen LogP contribution in [0, 0.1) is 0 Å². The molecular weight excluding hydrogens is 157 g/mol. The fourth-order valence-electron chi connectivity index (χ4n) is 1.77. The van der Waals surface area contributed by atoms with E-state index in [0.29, 0.717) is 10.4 Å². The number of hydrogen-bond donors (Lipinski definition) is 0. The molecule has 0 saturated carbocycles. The third-order valence-corrected chi connectivity index (χ3v) is 2.37. The highest BCUT2D eigenvalue weighted by Crippen LogP contribution is 2.25. The Bertz CT molecular complexity index is 251. The van der Waals surface area contributed by atoms with Crippen molar-refractivity contribution < 1.29 is 4.39 Å². The third-order valence-electron chi connectivity index (χ3n) is 2.37. The molecule has 0 spiro atoms. The molecule has 0 fully saturated rings. The Labute approximate surface area is 82.4 Å². The van der Waals surface area contributed by atoms with Gasteiger partial charge in [-0.05, 0) is 6.42 Å². The number of quaternary nitrogens is 1. The zero-order valence-electron chi connectivity index (χ0n) is 8.70. The van der Waals surface area contributed by atoms with E-state index in [4.69, 9.17) is 7.98 Å². The summed E-state index contributed by atoms with van der Waals surface area (Å²) in [4.78, 5) is 0. The topological polar surface area (TPSA) is 0 Å². The smallest absolute Gasteiger partial charge is 0.0677 e. The molecule has 0 heterocycles. The van der Waals surface area contributed by atoms with Gasteiger partial charge >= 0.3 is 0 Å². The molecule has 0 aliphatic rings. The van der Waals surface area contributed by atoms with Gasteiger partial charge in [0, 0.05) is 19.7 Å². The van der Waals surface area contributed by atoms with Crippen LogP contribution >= 0.6 is 0 Å². The number of benzene rings is 1. The SMILES string of the molecule is [B-][N+](C)(C)C(CC)c1ccccc1. The molecule has 0 N–H and O–H groups in total. The monoisotopic (exact) mass is 174 g/mol. The molecule has 0 amide bonds. The number of nitrogens with zero attached hydrogens (tertiary/aromatic N) is 1. The first-order valence-electron chi connectivity index (χ1n) is 4.73. The molecule has 1 atom stereocenters. The van der Waals surface area contributed by atoms with Crippen molar-refractivity contribution in [3.63, 3.8) is 0 Å². The third kappa shape index (κ3) is 2.59. The van der Waals surface area contributed by atoms with E-state index in [1.807, 2.05) is 20.2 Å². The highest BCUT2D eigenvalue weighted by Gasteiger charge is 2.14. The molecule has 0 aromatic heterocycles. The van der Waals surface area contributed by atoms with Gasteiger partial charge in [0.2, 0.25) is 0 Å². The van der Waals surface area contributed by atoms with Crippen LogP contribution in [-0.4, -0.2) is 26.5 Å². The fraction of sp³-hybridized carbons (Fsp3) is 0.455. The first kappa shape index (κ1) is 10.3. The summed E-state index contributed by atoms with van der Waals surface area (Å²) in [5.41, 5.74) is 1.32. The Balaban J connectivity index is 2.92. The molecule has 1 unspecified atom stereocenters. The van der Waals surface area contributed by atoms with E-state index in [9.17, 15) is 0 Å². The van der Waals surface area contributed by atoms with Crippen LogP contribution in [0.4, 0.5) is 0 Å². The van der Waals surface area contributed by atoms with Crippen LogP contribution in [0.3, 0.4) is 0 Å². The normalized spacial score (nSPS) is 14.2. The van der Waals surface area contributed by atoms with E-state index in [-0.39, 0.29) is 0 Å². The van der Waals surface area contributed by atoms with E-state index in [0.717, 1.165) is 6.42 Å². The van der Waals surface area contributed by atoms with E-state index < -0.39 is 0 Å². The molecule has 1 aromatic carbocycles. The van der Waals surface area contributed by atoms with Crippen LogP contribution < -0.4 is 0 Å². The standard InChI is InChI=1S/C11H17BN/c1-4-11(13(2,3)12)10-8-6-5-7-9-10/h5-9,11H,4H2,1-3H3. The molecule has 2 heteroatoms. The first-order valence-corrected chi connectivity index (χ1v) is 4.73. The van der Waals surface area contributed by atoms with Crippen LogP contribution in [0.1, 0.15) is 24.9 Å². The van der Waals surface area contributed by atoms with E-state index in [2.05, 4.69) is 31.2 Å². The average Bonchev–Trinajstić information content (AvgIpc) is 2.05. The van der Waals surface area contributed by atoms with Crippen molar-refractivity contribution in [3.05, 3.63) is 35.9 Å². The van der Waals surface area contributed by atoms with Gasteiger partial charge in [0.05, 0.1) is 6.04 Å². The minimum Gasteiger partial charge on any atom is -0.587 e. The van der Waals surface area contributed by atoms with Crippen LogP contribution in [0.5, 0.6) is 0 Å². The molecule has 0 aliphatic heterocycles. The summed E-state index contributed by atoms with van der Waals surface area (Å²) < 4.78 is 0.501. The minimum atomic E-state index is 0.390. The lowest BCUT2D eigenvalue weighted by molar-refractivity contribution is -0.809. The maximum Gasteiger partial charge on any atom is 0.0677 e. The molecule has 1 nitrogen and oxygen atoms in total. The number of hydrogen-bond acceptors (Lipinski definition) is 0. The van der Waals surface area contributed by atoms with Gasteiger partial charge in [-0.15, -0.1) is 0 Å². The molecule has 13 heavy (non-hydrogen) atoms. The highest BCUT2D eigenvalue weighted by atomic mass is 15.2. The fourth-order valence-corrected chi connectivity index (χ4v) is 1.77. The van der Waals surface area contributed by atoms with Gasteiger partial charge in [0.25, 0.3) is 0 Å². The molecule has 1 rings (SSSR count). The molecule has 3 radical (unpaired) electrons. The van der Waals surface area contributed by atoms with Crippen molar-refractivity contribution in [1.82, 2.24) is 0 Å². The summed E-state index contributed by atoms with van der Waals surface area (Å²) in [5, 5.41) is 0. The quantitative estimate of drug-likeness (QED) is 0.616. The summed E-state index contributed by atoms with van der Waals surface area (Å²) in [7, 11) is 10.1. The second kappa shape index (κ2) is 3.97. The second-order valence-electron chi connectivity index (χ2n) is 3.96. The highest BCUT2D eigenvalue weighted by molar-refractivity contribution is 5.97. The van der Waals surface area contributed by atoms with Crippen molar-refractivity contribution >= 4 is 7.98 Å². The van der Waals surface area contributed by atoms with Gasteiger partial charge in [-0.1, -0.05) is 37.3 Å². The lowest BCUT2D eigenvalue weighted by Crippen LogP contribution is -2.40. The predicted molar refractivity (Wildman–Crippen MR) is 57.3 cm³/mol. The van der Waals surface area contributed by atoms with Crippen LogP contribution in [0.2, 0.25) is 0 Å². The van der Waals surface area contributed by atoms with Gasteiger partial charge < -0.3 is 4.39 Å². The maximum atomic E-state index is 6.06. The van der Waals surface area contributed by atoms with E-state index in [1.54, 1.807) is 0 Å². The van der Waals surface area contributed by atoms with Crippen molar-refractivity contribution in [3.8, 4) is 0 Å². The first-order chi connectivity index (χ1) is 6.05. The summed E-state index contributed by atoms with van der Waals surface area (Å²) in [6, 6.07) is 10.8. The number of rotatable bonds is 3. The van der Waals surface area contributed by atoms with Gasteiger partial charge in [-0.25, -0.2) is 7.98 Å². The van der Waals surface area contributed by atoms with Crippen molar-refractivity contribution in [2.24, 2.45) is 0 Å². The maximum absolute atomic E-state index is 6.06. The van der Waals surface area contributed by atoms with Gasteiger partial charge in [-0.2, -0.15) is 0 Å². The second-order valence-corrected chi connectivity index (χ2v) is 3.96. The summed E-state index contributed by atoms with van der Waals surface area (Å²) in [6.45, 7) is 2.17. The predicted octanol–water partition coefficient (Wildman–Crippen LogP) is 2.30. The minimum absolute atomic E-state index is 0.390. The Kier molecular flexibility index (Phi) is 3.15. The van der Waals surface area contributed by atoms with Crippen LogP contribution in [0.15, 0.2) is 30.3 Å². The Morgan fingerprint density at radius 2 is 1.77 bits per heavy atom. The van der Waals surface area contributed by atoms with Gasteiger partial charge in [-0.3, -0.25) is 0 Å². The van der Waals surface area contributed by atoms with Crippen molar-refractivity contribution in [2.75, 3.05) is 14.1 Å². The van der Waals surface area contributed by atoms with Crippen LogP contribution in [0.25, 0.3) is 0 Å². The van der Waals surface area contributed by atoms with Gasteiger partial charge in [0.15, 0.2) is 0 Å². The van der Waals surface area contributed by atoms with Crippen LogP contribution in [-0.2, 0) is 0 Å². The Morgan fingerprint density at radius 1 is 1.23 bits per heavy atom. The molecule has 69 valence electrons. The lowest BCUT2D eigenvalue weighted by atomic mass is 9.98. The Hall–Kier alpha value is -0.755. The zero-order valence-corrected chi connectivity index (χ0v) is 8.70. The summed E-state index contributed by atoms with van der Waals surface area (Å²) in [6.07, 6.45) is 1.06. The molecular formula is C11H17BN. The van der Waals surface area contributed by atoms with E-state index in [1.165, 1.54) is 5.56 Å². The largest absolute Gasteiger partial charge is 0.587 e. The molecule has 0 bridgehead atoms. The summed E-state index contributed by atoms with van der Waals surface area (Å²) in [5.74, 6) is 0. The summed E-state index contributed by atoms with van der Waals surface area (Å²) >= 11 is 0. The zero-order chi connectivity index (χ0) is 9.90. The van der Waals surface area contributed by atoms with Gasteiger partial charge in [0.1, 0.15) is 0 Å². The Morgan fingerprint density at radius 3 is 2.15 bits per heavy atom. The van der Waals surface area contributed by atoms with E-state index >= 15 is 0 Å².